The van der Waals surface area contributed by atoms with E-state index in [2.05, 4.69) is 21.2 Å². The Morgan fingerprint density at radius 3 is 2.78 bits per heavy atom. The molecule has 0 bridgehead atoms. The SMILES string of the molecule is CC(Nc1ccc(C(=O)O)o1)c1cccc(Br)c1. The lowest BCUT2D eigenvalue weighted by Gasteiger charge is -2.13. The Hall–Kier alpha value is -1.75. The van der Waals surface area contributed by atoms with Crippen LogP contribution in [0.2, 0.25) is 0 Å². The molecule has 0 aliphatic heterocycles. The lowest BCUT2D eigenvalue weighted by atomic mass is 10.1. The van der Waals surface area contributed by atoms with Gasteiger partial charge in [-0.15, -0.1) is 0 Å². The van der Waals surface area contributed by atoms with Gasteiger partial charge in [0.2, 0.25) is 5.76 Å². The van der Waals surface area contributed by atoms with Gasteiger partial charge < -0.3 is 14.8 Å². The predicted molar refractivity (Wildman–Crippen MR) is 71.8 cm³/mol. The molecule has 4 nitrogen and oxygen atoms in total. The van der Waals surface area contributed by atoms with Crippen LogP contribution in [0.3, 0.4) is 0 Å². The van der Waals surface area contributed by atoms with Crippen molar-refractivity contribution in [1.29, 1.82) is 0 Å². The lowest BCUT2D eigenvalue weighted by Crippen LogP contribution is -2.05. The quantitative estimate of drug-likeness (QED) is 0.898. The second-order valence-corrected chi connectivity index (χ2v) is 4.81. The fraction of sp³-hybridized carbons (Fsp3) is 0.154. The fourth-order valence-electron chi connectivity index (χ4n) is 1.60. The highest BCUT2D eigenvalue weighted by Crippen LogP contribution is 2.23. The maximum Gasteiger partial charge on any atom is 0.371 e. The van der Waals surface area contributed by atoms with Crippen molar-refractivity contribution in [3.05, 3.63) is 52.2 Å². The van der Waals surface area contributed by atoms with Gasteiger partial charge in [-0.3, -0.25) is 0 Å². The molecular formula is C13H12BrNO3. The van der Waals surface area contributed by atoms with Crippen molar-refractivity contribution < 1.29 is 14.3 Å². The van der Waals surface area contributed by atoms with Gasteiger partial charge in [-0.05, 0) is 30.7 Å². The zero-order chi connectivity index (χ0) is 13.1. The maximum absolute atomic E-state index is 10.7. The highest BCUT2D eigenvalue weighted by molar-refractivity contribution is 9.10. The summed E-state index contributed by atoms with van der Waals surface area (Å²) in [6.07, 6.45) is 0. The average molecular weight is 310 g/mol. The average Bonchev–Trinajstić information content (AvgIpc) is 2.77. The van der Waals surface area contributed by atoms with Gasteiger partial charge in [0.1, 0.15) is 0 Å². The first-order chi connectivity index (χ1) is 8.56. The third-order valence-corrected chi connectivity index (χ3v) is 3.02. The maximum atomic E-state index is 10.7. The van der Waals surface area contributed by atoms with Crippen LogP contribution >= 0.6 is 15.9 Å². The molecule has 18 heavy (non-hydrogen) atoms. The van der Waals surface area contributed by atoms with Crippen LogP contribution in [0.4, 0.5) is 5.88 Å². The van der Waals surface area contributed by atoms with E-state index in [1.807, 2.05) is 31.2 Å². The van der Waals surface area contributed by atoms with Crippen molar-refractivity contribution in [1.82, 2.24) is 0 Å². The molecule has 1 aromatic heterocycles. The molecule has 0 fully saturated rings. The summed E-state index contributed by atoms with van der Waals surface area (Å²) in [5.74, 6) is -0.697. The number of hydrogen-bond acceptors (Lipinski definition) is 3. The van der Waals surface area contributed by atoms with E-state index >= 15 is 0 Å². The zero-order valence-corrected chi connectivity index (χ0v) is 11.3. The van der Waals surface area contributed by atoms with Crippen molar-refractivity contribution >= 4 is 27.8 Å². The summed E-state index contributed by atoms with van der Waals surface area (Å²) in [5, 5.41) is 11.9. The van der Waals surface area contributed by atoms with E-state index in [9.17, 15) is 4.79 Å². The van der Waals surface area contributed by atoms with Crippen molar-refractivity contribution in [2.75, 3.05) is 5.32 Å². The van der Waals surface area contributed by atoms with Crippen LogP contribution in [-0.4, -0.2) is 11.1 Å². The Balaban J connectivity index is 2.11. The van der Waals surface area contributed by atoms with Crippen LogP contribution in [-0.2, 0) is 0 Å². The van der Waals surface area contributed by atoms with Crippen molar-refractivity contribution in [3.63, 3.8) is 0 Å². The number of carboxylic acid groups (broad SMARTS) is 1. The van der Waals surface area contributed by atoms with E-state index < -0.39 is 5.97 Å². The van der Waals surface area contributed by atoms with Crippen LogP contribution in [0.1, 0.15) is 29.1 Å². The number of anilines is 1. The van der Waals surface area contributed by atoms with E-state index in [1.54, 1.807) is 6.07 Å². The molecule has 1 aromatic carbocycles. The van der Waals surface area contributed by atoms with Crippen LogP contribution in [0, 0.1) is 0 Å². The van der Waals surface area contributed by atoms with E-state index in [1.165, 1.54) is 6.07 Å². The van der Waals surface area contributed by atoms with E-state index in [4.69, 9.17) is 9.52 Å². The van der Waals surface area contributed by atoms with E-state index in [0.29, 0.717) is 5.88 Å². The van der Waals surface area contributed by atoms with Gasteiger partial charge in [0, 0.05) is 10.5 Å². The Kier molecular flexibility index (Phi) is 3.72. The number of rotatable bonds is 4. The molecule has 2 N–H and O–H groups in total. The predicted octanol–water partition coefficient (Wildman–Crippen LogP) is 3.91. The normalized spacial score (nSPS) is 12.1. The van der Waals surface area contributed by atoms with Crippen LogP contribution < -0.4 is 5.32 Å². The number of benzene rings is 1. The lowest BCUT2D eigenvalue weighted by molar-refractivity contribution is 0.0663. The molecule has 1 heterocycles. The molecule has 0 saturated heterocycles. The molecule has 1 unspecified atom stereocenters. The first kappa shape index (κ1) is 12.7. The molecule has 0 aliphatic carbocycles. The van der Waals surface area contributed by atoms with Gasteiger partial charge in [-0.2, -0.15) is 0 Å². The van der Waals surface area contributed by atoms with Gasteiger partial charge >= 0.3 is 5.97 Å². The van der Waals surface area contributed by atoms with Gasteiger partial charge in [-0.1, -0.05) is 28.1 Å². The molecule has 0 amide bonds. The Labute approximate surface area is 113 Å². The number of halogens is 1. The molecule has 0 saturated carbocycles. The molecule has 2 aromatic rings. The van der Waals surface area contributed by atoms with Crippen molar-refractivity contribution in [2.24, 2.45) is 0 Å². The minimum absolute atomic E-state index is 0.0234. The second kappa shape index (κ2) is 5.27. The molecule has 1 atom stereocenters. The number of carboxylic acids is 1. The van der Waals surface area contributed by atoms with Gasteiger partial charge in [-0.25, -0.2) is 4.79 Å². The first-order valence-corrected chi connectivity index (χ1v) is 6.20. The molecule has 5 heteroatoms. The number of nitrogens with one attached hydrogen (secondary N) is 1. The highest BCUT2D eigenvalue weighted by Gasteiger charge is 2.11. The number of carbonyl (C=O) groups is 1. The minimum atomic E-state index is -1.07. The van der Waals surface area contributed by atoms with Crippen LogP contribution in [0.15, 0.2) is 45.3 Å². The van der Waals surface area contributed by atoms with Crippen LogP contribution in [0.25, 0.3) is 0 Å². The summed E-state index contributed by atoms with van der Waals surface area (Å²) in [7, 11) is 0. The van der Waals surface area contributed by atoms with Gasteiger partial charge in [0.25, 0.3) is 0 Å². The molecule has 0 aliphatic rings. The summed E-state index contributed by atoms with van der Waals surface area (Å²) in [4.78, 5) is 10.7. The number of aromatic carboxylic acids is 1. The van der Waals surface area contributed by atoms with E-state index in [0.717, 1.165) is 10.0 Å². The largest absolute Gasteiger partial charge is 0.475 e. The van der Waals surface area contributed by atoms with Crippen LogP contribution in [0.5, 0.6) is 0 Å². The second-order valence-electron chi connectivity index (χ2n) is 3.89. The monoisotopic (exact) mass is 309 g/mol. The number of furan rings is 1. The molecular weight excluding hydrogens is 298 g/mol. The summed E-state index contributed by atoms with van der Waals surface area (Å²) in [5.41, 5.74) is 1.08. The minimum Gasteiger partial charge on any atom is -0.475 e. The number of hydrogen-bond donors (Lipinski definition) is 2. The summed E-state index contributed by atoms with van der Waals surface area (Å²) in [6.45, 7) is 1.98. The smallest absolute Gasteiger partial charge is 0.371 e. The highest BCUT2D eigenvalue weighted by atomic mass is 79.9. The topological polar surface area (TPSA) is 62.5 Å². The van der Waals surface area contributed by atoms with Gasteiger partial charge in [0.05, 0.1) is 6.04 Å². The Bertz CT molecular complexity index is 565. The molecule has 0 spiro atoms. The first-order valence-electron chi connectivity index (χ1n) is 5.41. The summed E-state index contributed by atoms with van der Waals surface area (Å²) in [6, 6.07) is 10.9. The third kappa shape index (κ3) is 2.92. The Morgan fingerprint density at radius 1 is 1.39 bits per heavy atom. The molecule has 2 rings (SSSR count). The Morgan fingerprint density at radius 2 is 2.17 bits per heavy atom. The van der Waals surface area contributed by atoms with Gasteiger partial charge in [0.15, 0.2) is 5.88 Å². The summed E-state index contributed by atoms with van der Waals surface area (Å²) < 4.78 is 6.14. The zero-order valence-electron chi connectivity index (χ0n) is 9.68. The third-order valence-electron chi connectivity index (χ3n) is 2.52. The summed E-state index contributed by atoms with van der Waals surface area (Å²) >= 11 is 3.41. The standard InChI is InChI=1S/C13H12BrNO3/c1-8(9-3-2-4-10(14)7-9)15-12-6-5-11(18-12)13(16)17/h2-8,15H,1H3,(H,16,17). The molecule has 0 radical (unpaired) electrons. The van der Waals surface area contributed by atoms with E-state index in [-0.39, 0.29) is 11.8 Å². The van der Waals surface area contributed by atoms with Crippen molar-refractivity contribution in [2.45, 2.75) is 13.0 Å². The van der Waals surface area contributed by atoms with Crippen molar-refractivity contribution in [3.8, 4) is 0 Å². The molecule has 94 valence electrons. The fourth-order valence-corrected chi connectivity index (χ4v) is 2.02.